The fraction of sp³-hybridized carbons (Fsp3) is 1.00. The lowest BCUT2D eigenvalue weighted by molar-refractivity contribution is -0.352. The summed E-state index contributed by atoms with van der Waals surface area (Å²) >= 11 is 0. The molecule has 2 N–H and O–H groups in total. The van der Waals surface area contributed by atoms with Crippen molar-refractivity contribution in [3.63, 3.8) is 0 Å². The Morgan fingerprint density at radius 2 is 1.74 bits per heavy atom. The van der Waals surface area contributed by atoms with E-state index in [0.717, 1.165) is 38.7 Å². The maximum absolute atomic E-state index is 11.0. The minimum atomic E-state index is -0.837. The average molecular weight is 379 g/mol. The van der Waals surface area contributed by atoms with Crippen LogP contribution >= 0.6 is 0 Å². The lowest BCUT2D eigenvalue weighted by atomic mass is 9.39. The van der Waals surface area contributed by atoms with Crippen molar-refractivity contribution in [2.75, 3.05) is 13.2 Å². The number of ether oxygens (including phenoxy) is 2. The van der Waals surface area contributed by atoms with Crippen LogP contribution < -0.4 is 0 Å². The van der Waals surface area contributed by atoms with Gasteiger partial charge in [0.05, 0.1) is 24.9 Å². The number of hydrogen-bond acceptors (Lipinski definition) is 4. The Bertz CT molecular complexity index is 634. The van der Waals surface area contributed by atoms with Gasteiger partial charge in [0, 0.05) is 5.41 Å². The molecule has 0 radical (unpaired) electrons. The van der Waals surface area contributed by atoms with Crippen LogP contribution in [0.25, 0.3) is 0 Å². The molecule has 1 heterocycles. The highest BCUT2D eigenvalue weighted by Crippen LogP contribution is 2.75. The van der Waals surface area contributed by atoms with E-state index >= 15 is 0 Å². The Morgan fingerprint density at radius 1 is 0.963 bits per heavy atom. The van der Waals surface area contributed by atoms with E-state index in [1.807, 2.05) is 13.8 Å². The SMILES string of the molecule is CC1(C)OC[C@]2(C)[C@@H](CC[C@@]3(C)[C@H]2CC[C@H]2C[C@@H]4C[C@@]23CC[C@]4(O)CO)O1. The van der Waals surface area contributed by atoms with Crippen molar-refractivity contribution >= 4 is 0 Å². The molecule has 1 spiro atoms. The molecule has 4 heteroatoms. The zero-order valence-electron chi connectivity index (χ0n) is 17.6. The van der Waals surface area contributed by atoms with Crippen LogP contribution in [0.2, 0.25) is 0 Å². The molecular formula is C23H38O4. The highest BCUT2D eigenvalue weighted by molar-refractivity contribution is 5.20. The molecule has 0 aromatic rings. The molecule has 5 fully saturated rings. The molecule has 5 aliphatic rings. The van der Waals surface area contributed by atoms with E-state index in [4.69, 9.17) is 9.47 Å². The Kier molecular flexibility index (Phi) is 3.84. The summed E-state index contributed by atoms with van der Waals surface area (Å²) in [6.07, 6.45) is 9.24. The summed E-state index contributed by atoms with van der Waals surface area (Å²) in [5.41, 5.74) is -0.120. The maximum atomic E-state index is 11.0. The standard InChI is InChI=1S/C23H38O4/c1-19(2)26-14-20(3)17-6-5-15-11-16-12-22(15,9-10-23(16,25)13-24)21(17,4)8-7-18(20)27-19/h15-18,24-25H,5-14H2,1-4H3/t15-,16+,17-,18+,20-,21-,22-,23-/m0/s1. The van der Waals surface area contributed by atoms with Crippen molar-refractivity contribution in [3.05, 3.63) is 0 Å². The zero-order valence-corrected chi connectivity index (χ0v) is 17.6. The molecule has 5 rings (SSSR count). The molecule has 4 aliphatic carbocycles. The Labute approximate surface area is 164 Å². The van der Waals surface area contributed by atoms with E-state index in [1.165, 1.54) is 19.3 Å². The minimum absolute atomic E-state index is 0.0723. The van der Waals surface area contributed by atoms with Crippen molar-refractivity contribution in [3.8, 4) is 0 Å². The second-order valence-electron chi connectivity index (χ2n) is 11.6. The molecule has 27 heavy (non-hydrogen) atoms. The third kappa shape index (κ3) is 2.25. The fourth-order valence-corrected chi connectivity index (χ4v) is 8.80. The van der Waals surface area contributed by atoms with E-state index in [-0.39, 0.29) is 17.9 Å². The van der Waals surface area contributed by atoms with Gasteiger partial charge in [-0.25, -0.2) is 0 Å². The van der Waals surface area contributed by atoms with E-state index < -0.39 is 11.4 Å². The van der Waals surface area contributed by atoms with Crippen molar-refractivity contribution in [2.24, 2.45) is 34.0 Å². The third-order valence-electron chi connectivity index (χ3n) is 10.3. The van der Waals surface area contributed by atoms with Gasteiger partial charge in [0.2, 0.25) is 0 Å². The zero-order chi connectivity index (χ0) is 19.3. The van der Waals surface area contributed by atoms with Gasteiger partial charge in [0.15, 0.2) is 5.79 Å². The first-order valence-corrected chi connectivity index (χ1v) is 11.2. The van der Waals surface area contributed by atoms with E-state index in [0.29, 0.717) is 28.8 Å². The highest BCUT2D eigenvalue weighted by atomic mass is 16.7. The molecule has 1 saturated heterocycles. The van der Waals surface area contributed by atoms with Gasteiger partial charge in [0.25, 0.3) is 0 Å². The van der Waals surface area contributed by atoms with Crippen LogP contribution in [-0.4, -0.2) is 40.9 Å². The van der Waals surface area contributed by atoms with Crippen molar-refractivity contribution in [1.29, 1.82) is 0 Å². The number of hydrogen-bond donors (Lipinski definition) is 2. The Hall–Kier alpha value is -0.160. The van der Waals surface area contributed by atoms with Crippen LogP contribution in [0, 0.1) is 34.0 Å². The minimum Gasteiger partial charge on any atom is -0.393 e. The van der Waals surface area contributed by atoms with Crippen LogP contribution in [-0.2, 0) is 9.47 Å². The van der Waals surface area contributed by atoms with Crippen LogP contribution in [0.3, 0.4) is 0 Å². The van der Waals surface area contributed by atoms with E-state index in [1.54, 1.807) is 0 Å². The van der Waals surface area contributed by atoms with Crippen LogP contribution in [0.5, 0.6) is 0 Å². The molecule has 4 nitrogen and oxygen atoms in total. The second-order valence-corrected chi connectivity index (χ2v) is 11.6. The normalized spacial score (nSPS) is 58.9. The molecular weight excluding hydrogens is 340 g/mol. The Balaban J connectivity index is 1.51. The van der Waals surface area contributed by atoms with E-state index in [9.17, 15) is 10.2 Å². The Morgan fingerprint density at radius 3 is 2.48 bits per heavy atom. The predicted octanol–water partition coefficient (Wildman–Crippen LogP) is 3.88. The predicted molar refractivity (Wildman–Crippen MR) is 103 cm³/mol. The first kappa shape index (κ1) is 18.8. The number of aliphatic hydroxyl groups excluding tert-OH is 1. The van der Waals surface area contributed by atoms with Crippen molar-refractivity contribution in [1.82, 2.24) is 0 Å². The molecule has 2 bridgehead atoms. The van der Waals surface area contributed by atoms with Gasteiger partial charge in [-0.3, -0.25) is 0 Å². The van der Waals surface area contributed by atoms with Crippen molar-refractivity contribution in [2.45, 2.75) is 96.6 Å². The van der Waals surface area contributed by atoms with Crippen molar-refractivity contribution < 1.29 is 19.7 Å². The first-order chi connectivity index (χ1) is 12.6. The number of aliphatic hydroxyl groups is 2. The van der Waals surface area contributed by atoms with Gasteiger partial charge < -0.3 is 19.7 Å². The molecule has 8 atom stereocenters. The molecule has 4 saturated carbocycles. The first-order valence-electron chi connectivity index (χ1n) is 11.2. The quantitative estimate of drug-likeness (QED) is 0.727. The summed E-state index contributed by atoms with van der Waals surface area (Å²) in [5, 5.41) is 20.9. The molecule has 0 aromatic heterocycles. The molecule has 0 unspecified atom stereocenters. The summed E-state index contributed by atoms with van der Waals surface area (Å²) in [7, 11) is 0. The third-order valence-corrected chi connectivity index (χ3v) is 10.3. The van der Waals surface area contributed by atoms with Gasteiger partial charge in [-0.1, -0.05) is 13.8 Å². The number of fused-ring (bicyclic) bond motifs is 4. The maximum Gasteiger partial charge on any atom is 0.163 e. The fourth-order valence-electron chi connectivity index (χ4n) is 8.80. The largest absolute Gasteiger partial charge is 0.393 e. The van der Waals surface area contributed by atoms with Crippen LogP contribution in [0.15, 0.2) is 0 Å². The summed E-state index contributed by atoms with van der Waals surface area (Å²) in [6.45, 7) is 9.82. The summed E-state index contributed by atoms with van der Waals surface area (Å²) in [6, 6.07) is 0. The van der Waals surface area contributed by atoms with Gasteiger partial charge in [-0.05, 0) is 93.8 Å². The molecule has 154 valence electrons. The molecule has 0 amide bonds. The summed E-state index contributed by atoms with van der Waals surface area (Å²) < 4.78 is 12.6. The highest BCUT2D eigenvalue weighted by Gasteiger charge is 2.71. The lowest BCUT2D eigenvalue weighted by Crippen LogP contribution is -2.66. The molecule has 1 aliphatic heterocycles. The lowest BCUT2D eigenvalue weighted by Gasteiger charge is -2.68. The second kappa shape index (κ2) is 5.50. The monoisotopic (exact) mass is 378 g/mol. The van der Waals surface area contributed by atoms with E-state index in [2.05, 4.69) is 13.8 Å². The summed E-state index contributed by atoms with van der Waals surface area (Å²) in [4.78, 5) is 0. The van der Waals surface area contributed by atoms with Gasteiger partial charge in [-0.2, -0.15) is 0 Å². The van der Waals surface area contributed by atoms with Gasteiger partial charge in [-0.15, -0.1) is 0 Å². The topological polar surface area (TPSA) is 58.9 Å². The average Bonchev–Trinajstić information content (AvgIpc) is 2.97. The molecule has 0 aromatic carbocycles. The smallest absolute Gasteiger partial charge is 0.163 e. The van der Waals surface area contributed by atoms with Gasteiger partial charge >= 0.3 is 0 Å². The van der Waals surface area contributed by atoms with Crippen LogP contribution in [0.1, 0.15) is 79.1 Å². The van der Waals surface area contributed by atoms with Gasteiger partial charge in [0.1, 0.15) is 0 Å². The summed E-state index contributed by atoms with van der Waals surface area (Å²) in [5.74, 6) is 1.15. The number of rotatable bonds is 1. The van der Waals surface area contributed by atoms with Crippen LogP contribution in [0.4, 0.5) is 0 Å².